The molecule has 0 saturated carbocycles. The molecule has 1 aromatic carbocycles. The van der Waals surface area contributed by atoms with E-state index in [1.165, 1.54) is 21.0 Å². The molecule has 0 unspecified atom stereocenters. The van der Waals surface area contributed by atoms with Crippen LogP contribution in [-0.4, -0.2) is 27.0 Å². The van der Waals surface area contributed by atoms with Crippen molar-refractivity contribution in [3.63, 3.8) is 0 Å². The van der Waals surface area contributed by atoms with Crippen molar-refractivity contribution in [2.24, 2.45) is 5.14 Å². The van der Waals surface area contributed by atoms with E-state index in [-0.39, 0.29) is 10.6 Å². The Hall–Kier alpha value is -1.51. The molecule has 0 aliphatic carbocycles. The Kier molecular flexibility index (Phi) is 4.28. The van der Waals surface area contributed by atoms with Gasteiger partial charge in [0.25, 0.3) is 5.91 Å². The van der Waals surface area contributed by atoms with Gasteiger partial charge in [0.1, 0.15) is 11.4 Å². The largest absolute Gasteiger partial charge is 0.369 e. The topological polar surface area (TPSA) is 98.5 Å². The van der Waals surface area contributed by atoms with E-state index in [2.05, 4.69) is 5.32 Å². The van der Waals surface area contributed by atoms with Crippen LogP contribution in [0.1, 0.15) is 13.8 Å². The number of sulfonamides is 1. The number of carbonyl (C=O) groups excluding carboxylic acids is 1. The molecular weight excluding hydrogens is 275 g/mol. The average Bonchev–Trinajstić information content (AvgIpc) is 2.30. The van der Waals surface area contributed by atoms with E-state index in [1.54, 1.807) is 0 Å². The first kappa shape index (κ1) is 15.5. The number of anilines is 1. The molecular formula is C11H15FN2O4S. The van der Waals surface area contributed by atoms with Crippen LogP contribution in [0.25, 0.3) is 0 Å². The van der Waals surface area contributed by atoms with E-state index in [4.69, 9.17) is 9.88 Å². The van der Waals surface area contributed by atoms with Gasteiger partial charge in [0.2, 0.25) is 10.0 Å². The lowest BCUT2D eigenvalue weighted by Gasteiger charge is -2.21. The molecule has 106 valence electrons. The molecule has 3 N–H and O–H groups in total. The summed E-state index contributed by atoms with van der Waals surface area (Å²) in [5.74, 6) is -1.45. The molecule has 1 rings (SSSR count). The highest BCUT2D eigenvalue weighted by atomic mass is 32.2. The summed E-state index contributed by atoms with van der Waals surface area (Å²) in [6.07, 6.45) is 0. The van der Waals surface area contributed by atoms with E-state index >= 15 is 0 Å². The Balaban J connectivity index is 3.03. The number of hydrogen-bond donors (Lipinski definition) is 2. The van der Waals surface area contributed by atoms with Gasteiger partial charge in [-0.1, -0.05) is 0 Å². The van der Waals surface area contributed by atoms with Crippen molar-refractivity contribution < 1.29 is 22.3 Å². The third-order valence-electron chi connectivity index (χ3n) is 2.57. The fourth-order valence-corrected chi connectivity index (χ4v) is 1.67. The molecule has 19 heavy (non-hydrogen) atoms. The van der Waals surface area contributed by atoms with Gasteiger partial charge in [0.15, 0.2) is 0 Å². The fourth-order valence-electron chi connectivity index (χ4n) is 1.14. The molecule has 6 nitrogen and oxygen atoms in total. The highest BCUT2D eigenvalue weighted by Gasteiger charge is 2.27. The molecule has 0 saturated heterocycles. The number of benzene rings is 1. The summed E-state index contributed by atoms with van der Waals surface area (Å²) in [6.45, 7) is 3.03. The Labute approximate surface area is 110 Å². The van der Waals surface area contributed by atoms with Crippen LogP contribution in [0.4, 0.5) is 10.1 Å². The summed E-state index contributed by atoms with van der Waals surface area (Å²) in [5.41, 5.74) is -1.28. The molecule has 0 bridgehead atoms. The van der Waals surface area contributed by atoms with Crippen LogP contribution in [0.3, 0.4) is 0 Å². The SMILES string of the molecule is COC(C)(C)C(=O)Nc1ccc(S(N)(=O)=O)cc1F. The molecule has 1 aromatic rings. The van der Waals surface area contributed by atoms with E-state index in [1.807, 2.05) is 0 Å². The van der Waals surface area contributed by atoms with Crippen molar-refractivity contribution in [3.05, 3.63) is 24.0 Å². The molecule has 0 aromatic heterocycles. The fraction of sp³-hybridized carbons (Fsp3) is 0.364. The molecule has 0 fully saturated rings. The Morgan fingerprint density at radius 3 is 2.42 bits per heavy atom. The first-order valence-electron chi connectivity index (χ1n) is 5.27. The first-order chi connectivity index (χ1) is 8.58. The Bertz CT molecular complexity index is 599. The zero-order chi connectivity index (χ0) is 14.8. The van der Waals surface area contributed by atoms with Crippen molar-refractivity contribution in [2.45, 2.75) is 24.3 Å². The molecule has 0 aliphatic rings. The van der Waals surface area contributed by atoms with Crippen molar-refractivity contribution in [3.8, 4) is 0 Å². The maximum Gasteiger partial charge on any atom is 0.256 e. The van der Waals surface area contributed by atoms with Gasteiger partial charge in [0, 0.05) is 7.11 Å². The predicted molar refractivity (Wildman–Crippen MR) is 67.5 cm³/mol. The number of nitrogens with two attached hydrogens (primary N) is 1. The first-order valence-corrected chi connectivity index (χ1v) is 6.81. The number of nitrogens with one attached hydrogen (secondary N) is 1. The highest BCUT2D eigenvalue weighted by molar-refractivity contribution is 7.89. The van der Waals surface area contributed by atoms with Crippen LogP contribution in [0.15, 0.2) is 23.1 Å². The van der Waals surface area contributed by atoms with Gasteiger partial charge in [-0.15, -0.1) is 0 Å². The van der Waals surface area contributed by atoms with Gasteiger partial charge < -0.3 is 10.1 Å². The van der Waals surface area contributed by atoms with Gasteiger partial charge in [-0.25, -0.2) is 17.9 Å². The molecule has 0 aliphatic heterocycles. The van der Waals surface area contributed by atoms with Crippen LogP contribution in [-0.2, 0) is 19.6 Å². The summed E-state index contributed by atoms with van der Waals surface area (Å²) >= 11 is 0. The second-order valence-electron chi connectivity index (χ2n) is 4.36. The summed E-state index contributed by atoms with van der Waals surface area (Å²) in [5, 5.41) is 7.17. The van der Waals surface area contributed by atoms with Gasteiger partial charge in [-0.2, -0.15) is 0 Å². The molecule has 1 amide bonds. The number of rotatable bonds is 4. The molecule has 8 heteroatoms. The second-order valence-corrected chi connectivity index (χ2v) is 5.92. The van der Waals surface area contributed by atoms with Gasteiger partial charge in [-0.05, 0) is 32.0 Å². The monoisotopic (exact) mass is 290 g/mol. The van der Waals surface area contributed by atoms with Gasteiger partial charge in [-0.3, -0.25) is 4.79 Å². The third kappa shape index (κ3) is 3.72. The highest BCUT2D eigenvalue weighted by Crippen LogP contribution is 2.20. The van der Waals surface area contributed by atoms with Crippen molar-refractivity contribution >= 4 is 21.6 Å². The van der Waals surface area contributed by atoms with Crippen molar-refractivity contribution in [2.75, 3.05) is 12.4 Å². The minimum Gasteiger partial charge on any atom is -0.369 e. The number of halogens is 1. The Morgan fingerprint density at radius 1 is 1.42 bits per heavy atom. The van der Waals surface area contributed by atoms with Crippen LogP contribution >= 0.6 is 0 Å². The van der Waals surface area contributed by atoms with Crippen LogP contribution < -0.4 is 10.5 Å². The lowest BCUT2D eigenvalue weighted by Crippen LogP contribution is -2.39. The summed E-state index contributed by atoms with van der Waals surface area (Å²) < 4.78 is 40.7. The Morgan fingerprint density at radius 2 is 2.00 bits per heavy atom. The van der Waals surface area contributed by atoms with Crippen molar-refractivity contribution in [1.29, 1.82) is 0 Å². The normalized spacial score (nSPS) is 12.3. The van der Waals surface area contributed by atoms with Crippen LogP contribution in [0.5, 0.6) is 0 Å². The maximum absolute atomic E-state index is 13.7. The summed E-state index contributed by atoms with van der Waals surface area (Å²) in [4.78, 5) is 11.4. The lowest BCUT2D eigenvalue weighted by atomic mass is 10.1. The van der Waals surface area contributed by atoms with E-state index in [0.717, 1.165) is 18.2 Å². The van der Waals surface area contributed by atoms with Crippen LogP contribution in [0, 0.1) is 5.82 Å². The summed E-state index contributed by atoms with van der Waals surface area (Å²) in [7, 11) is -2.63. The zero-order valence-corrected chi connectivity index (χ0v) is 11.5. The molecule has 0 atom stereocenters. The molecule has 0 heterocycles. The zero-order valence-electron chi connectivity index (χ0n) is 10.7. The number of hydrogen-bond acceptors (Lipinski definition) is 4. The number of carbonyl (C=O) groups is 1. The van der Waals surface area contributed by atoms with Crippen molar-refractivity contribution in [1.82, 2.24) is 0 Å². The minimum atomic E-state index is -3.98. The number of primary sulfonamides is 1. The summed E-state index contributed by atoms with van der Waals surface area (Å²) in [6, 6.07) is 2.97. The van der Waals surface area contributed by atoms with E-state index < -0.39 is 27.3 Å². The predicted octanol–water partition coefficient (Wildman–Crippen LogP) is 0.837. The van der Waals surface area contributed by atoms with E-state index in [0.29, 0.717) is 0 Å². The average molecular weight is 290 g/mol. The van der Waals surface area contributed by atoms with E-state index in [9.17, 15) is 17.6 Å². The third-order valence-corrected chi connectivity index (χ3v) is 3.49. The smallest absolute Gasteiger partial charge is 0.256 e. The second kappa shape index (κ2) is 5.24. The maximum atomic E-state index is 13.7. The quantitative estimate of drug-likeness (QED) is 0.858. The number of amides is 1. The standard InChI is InChI=1S/C11H15FN2O4S/c1-11(2,18-3)10(15)14-9-5-4-7(6-8(9)12)19(13,16)17/h4-6H,1-3H3,(H,14,15)(H2,13,16,17). The number of ether oxygens (including phenoxy) is 1. The van der Waals surface area contributed by atoms with Gasteiger partial charge >= 0.3 is 0 Å². The number of methoxy groups -OCH3 is 1. The minimum absolute atomic E-state index is 0.150. The molecule has 0 radical (unpaired) electrons. The van der Waals surface area contributed by atoms with Crippen LogP contribution in [0.2, 0.25) is 0 Å². The van der Waals surface area contributed by atoms with Gasteiger partial charge in [0.05, 0.1) is 10.6 Å². The lowest BCUT2D eigenvalue weighted by molar-refractivity contribution is -0.133. The molecule has 0 spiro atoms.